The van der Waals surface area contributed by atoms with Crippen molar-refractivity contribution in [3.05, 3.63) is 65.0 Å². The van der Waals surface area contributed by atoms with Gasteiger partial charge < -0.3 is 10.2 Å². The molecule has 3 rings (SSSR count). The normalized spacial score (nSPS) is 16.8. The molecule has 0 bridgehead atoms. The van der Waals surface area contributed by atoms with Crippen LogP contribution in [-0.2, 0) is 4.79 Å². The third kappa shape index (κ3) is 3.55. The maximum Gasteiger partial charge on any atom is 0.254 e. The molecular weight excluding hydrogens is 319 g/mol. The number of hydrogen-bond acceptors (Lipinski definition) is 2. The number of carbonyl (C=O) groups excluding carboxylic acids is 2. The van der Waals surface area contributed by atoms with Crippen LogP contribution in [0.3, 0.4) is 0 Å². The van der Waals surface area contributed by atoms with Gasteiger partial charge in [0.05, 0.1) is 0 Å². The summed E-state index contributed by atoms with van der Waals surface area (Å²) in [6, 6.07) is 10.8. The molecule has 4 nitrogen and oxygen atoms in total. The maximum atomic E-state index is 13.4. The van der Waals surface area contributed by atoms with E-state index in [2.05, 4.69) is 5.32 Å². The van der Waals surface area contributed by atoms with Crippen LogP contribution in [0.15, 0.2) is 42.5 Å². The first-order chi connectivity index (χ1) is 12.0. The highest BCUT2D eigenvalue weighted by molar-refractivity contribution is 6.01. The van der Waals surface area contributed by atoms with Crippen LogP contribution in [0.5, 0.6) is 0 Å². The summed E-state index contributed by atoms with van der Waals surface area (Å²) < 4.78 is 13.4. The van der Waals surface area contributed by atoms with Gasteiger partial charge in [-0.05, 0) is 62.1 Å². The molecule has 0 aromatic heterocycles. The number of amides is 2. The molecule has 2 aromatic rings. The summed E-state index contributed by atoms with van der Waals surface area (Å²) in [5.74, 6) is -0.962. The number of nitrogens with one attached hydrogen (secondary N) is 1. The Labute approximate surface area is 146 Å². The van der Waals surface area contributed by atoms with Crippen LogP contribution in [-0.4, -0.2) is 29.3 Å². The fourth-order valence-electron chi connectivity index (χ4n) is 3.17. The summed E-state index contributed by atoms with van der Waals surface area (Å²) in [6.07, 6.45) is 1.36. The highest BCUT2D eigenvalue weighted by Crippen LogP contribution is 2.24. The molecule has 0 radical (unpaired) electrons. The van der Waals surface area contributed by atoms with Crippen molar-refractivity contribution >= 4 is 17.5 Å². The number of likely N-dealkylation sites (tertiary alicyclic amines) is 1. The number of anilines is 1. The second-order valence-corrected chi connectivity index (χ2v) is 6.40. The van der Waals surface area contributed by atoms with Gasteiger partial charge in [0, 0.05) is 17.8 Å². The molecule has 1 unspecified atom stereocenters. The number of halogens is 1. The molecule has 1 N–H and O–H groups in total. The van der Waals surface area contributed by atoms with E-state index in [1.807, 2.05) is 32.0 Å². The lowest BCUT2D eigenvalue weighted by Gasteiger charge is -2.24. The van der Waals surface area contributed by atoms with Gasteiger partial charge in [0.2, 0.25) is 5.91 Å². The largest absolute Gasteiger partial charge is 0.327 e. The predicted molar refractivity (Wildman–Crippen MR) is 95.0 cm³/mol. The topological polar surface area (TPSA) is 49.4 Å². The van der Waals surface area contributed by atoms with E-state index in [9.17, 15) is 14.0 Å². The molecule has 0 aliphatic carbocycles. The van der Waals surface area contributed by atoms with E-state index in [4.69, 9.17) is 0 Å². The van der Waals surface area contributed by atoms with Gasteiger partial charge in [-0.2, -0.15) is 0 Å². The Morgan fingerprint density at radius 2 is 1.92 bits per heavy atom. The third-order valence-electron chi connectivity index (χ3n) is 4.75. The first-order valence-corrected chi connectivity index (χ1v) is 8.41. The quantitative estimate of drug-likeness (QED) is 0.926. The molecular formula is C20H21FN2O2. The molecule has 0 saturated carbocycles. The summed E-state index contributed by atoms with van der Waals surface area (Å²) in [4.78, 5) is 26.9. The number of aryl methyl sites for hydroxylation is 1. The van der Waals surface area contributed by atoms with Crippen LogP contribution < -0.4 is 5.32 Å². The van der Waals surface area contributed by atoms with Gasteiger partial charge in [0.25, 0.3) is 5.91 Å². The highest BCUT2D eigenvalue weighted by atomic mass is 19.1. The summed E-state index contributed by atoms with van der Waals surface area (Å²) >= 11 is 0. The molecule has 25 heavy (non-hydrogen) atoms. The first-order valence-electron chi connectivity index (χ1n) is 8.41. The van der Waals surface area contributed by atoms with E-state index in [0.29, 0.717) is 13.0 Å². The number of rotatable bonds is 3. The van der Waals surface area contributed by atoms with Crippen LogP contribution in [0.1, 0.15) is 34.3 Å². The minimum Gasteiger partial charge on any atom is -0.327 e. The van der Waals surface area contributed by atoms with Crippen molar-refractivity contribution in [3.63, 3.8) is 0 Å². The molecule has 2 aromatic carbocycles. The standard InChI is InChI=1S/C20H21FN2O2/c1-13-6-3-9-17(14(13)2)22-19(24)18-10-5-11-23(18)20(25)15-7-4-8-16(21)12-15/h3-4,6-9,12,18H,5,10-11H2,1-2H3,(H,22,24). The lowest BCUT2D eigenvalue weighted by atomic mass is 10.1. The van der Waals surface area contributed by atoms with Crippen LogP contribution in [0.25, 0.3) is 0 Å². The molecule has 1 aliphatic heterocycles. The van der Waals surface area contributed by atoms with Gasteiger partial charge in [-0.15, -0.1) is 0 Å². The molecule has 0 spiro atoms. The van der Waals surface area contributed by atoms with E-state index < -0.39 is 11.9 Å². The van der Waals surface area contributed by atoms with Crippen molar-refractivity contribution in [1.82, 2.24) is 4.90 Å². The Bertz CT molecular complexity index is 819. The SMILES string of the molecule is Cc1cccc(NC(=O)C2CCCN2C(=O)c2cccc(F)c2)c1C. The zero-order valence-corrected chi connectivity index (χ0v) is 14.4. The zero-order valence-electron chi connectivity index (χ0n) is 14.4. The minimum absolute atomic E-state index is 0.198. The average Bonchev–Trinajstić information content (AvgIpc) is 3.08. The van der Waals surface area contributed by atoms with Crippen LogP contribution in [0.2, 0.25) is 0 Å². The lowest BCUT2D eigenvalue weighted by Crippen LogP contribution is -2.43. The van der Waals surface area contributed by atoms with Gasteiger partial charge in [-0.1, -0.05) is 18.2 Å². The van der Waals surface area contributed by atoms with Crippen molar-refractivity contribution in [2.45, 2.75) is 32.7 Å². The first kappa shape index (κ1) is 17.1. The predicted octanol–water partition coefficient (Wildman–Crippen LogP) is 3.69. The number of benzene rings is 2. The summed E-state index contributed by atoms with van der Waals surface area (Å²) in [6.45, 7) is 4.44. The van der Waals surface area contributed by atoms with E-state index in [1.54, 1.807) is 6.07 Å². The molecule has 5 heteroatoms. The average molecular weight is 340 g/mol. The van der Waals surface area contributed by atoms with Crippen molar-refractivity contribution < 1.29 is 14.0 Å². The molecule has 1 atom stereocenters. The second-order valence-electron chi connectivity index (χ2n) is 6.40. The highest BCUT2D eigenvalue weighted by Gasteiger charge is 2.34. The van der Waals surface area contributed by atoms with Crippen molar-refractivity contribution in [1.29, 1.82) is 0 Å². The fourth-order valence-corrected chi connectivity index (χ4v) is 3.17. The van der Waals surface area contributed by atoms with Crippen LogP contribution >= 0.6 is 0 Å². The van der Waals surface area contributed by atoms with Gasteiger partial charge in [0.15, 0.2) is 0 Å². The van der Waals surface area contributed by atoms with Gasteiger partial charge >= 0.3 is 0 Å². The van der Waals surface area contributed by atoms with Crippen LogP contribution in [0.4, 0.5) is 10.1 Å². The molecule has 2 amide bonds. The van der Waals surface area contributed by atoms with Crippen LogP contribution in [0, 0.1) is 19.7 Å². The van der Waals surface area contributed by atoms with Crippen molar-refractivity contribution in [2.75, 3.05) is 11.9 Å². The summed E-state index contributed by atoms with van der Waals surface area (Å²) in [5, 5.41) is 2.93. The Balaban J connectivity index is 1.78. The molecule has 1 heterocycles. The van der Waals surface area contributed by atoms with Gasteiger partial charge in [-0.25, -0.2) is 4.39 Å². The van der Waals surface area contributed by atoms with E-state index in [1.165, 1.54) is 23.1 Å². The molecule has 1 fully saturated rings. The Morgan fingerprint density at radius 3 is 2.68 bits per heavy atom. The fraction of sp³-hybridized carbons (Fsp3) is 0.300. The third-order valence-corrected chi connectivity index (χ3v) is 4.75. The van der Waals surface area contributed by atoms with Gasteiger partial charge in [-0.3, -0.25) is 9.59 Å². The van der Waals surface area contributed by atoms with Crippen molar-refractivity contribution in [2.24, 2.45) is 0 Å². The smallest absolute Gasteiger partial charge is 0.254 e. The number of nitrogens with zero attached hydrogens (tertiary/aromatic N) is 1. The molecule has 1 saturated heterocycles. The second kappa shape index (κ2) is 7.05. The zero-order chi connectivity index (χ0) is 18.0. The molecule has 1 aliphatic rings. The summed E-state index contributed by atoms with van der Waals surface area (Å²) in [5.41, 5.74) is 3.13. The Kier molecular flexibility index (Phi) is 4.83. The summed E-state index contributed by atoms with van der Waals surface area (Å²) in [7, 11) is 0. The Hall–Kier alpha value is -2.69. The number of carbonyl (C=O) groups is 2. The molecule has 130 valence electrons. The van der Waals surface area contributed by atoms with Crippen molar-refractivity contribution in [3.8, 4) is 0 Å². The van der Waals surface area contributed by atoms with E-state index in [-0.39, 0.29) is 17.4 Å². The minimum atomic E-state index is -0.532. The lowest BCUT2D eigenvalue weighted by molar-refractivity contribution is -0.119. The van der Waals surface area contributed by atoms with E-state index in [0.717, 1.165) is 23.2 Å². The monoisotopic (exact) mass is 340 g/mol. The number of hydrogen-bond donors (Lipinski definition) is 1. The van der Waals surface area contributed by atoms with E-state index >= 15 is 0 Å². The maximum absolute atomic E-state index is 13.4. The van der Waals surface area contributed by atoms with Gasteiger partial charge in [0.1, 0.15) is 11.9 Å². The Morgan fingerprint density at radius 1 is 1.16 bits per heavy atom.